The number of rotatable bonds is 7. The molecule has 0 fully saturated rings. The first-order valence-corrected chi connectivity index (χ1v) is 10.5. The molecule has 0 aliphatic rings. The molecule has 0 bridgehead atoms. The van der Waals surface area contributed by atoms with Crippen molar-refractivity contribution in [2.75, 3.05) is 6.54 Å². The molecule has 4 heteroatoms. The molecular weight excluding hydrogens is 364 g/mol. The van der Waals surface area contributed by atoms with Crippen molar-refractivity contribution in [2.24, 2.45) is 0 Å². The minimum atomic E-state index is -0.0217. The molecule has 4 aromatic rings. The normalized spacial score (nSPS) is 12.3. The van der Waals surface area contributed by atoms with Gasteiger partial charge in [0.15, 0.2) is 0 Å². The van der Waals surface area contributed by atoms with E-state index in [9.17, 15) is 4.79 Å². The van der Waals surface area contributed by atoms with Crippen LogP contribution in [0.3, 0.4) is 0 Å². The molecule has 28 heavy (non-hydrogen) atoms. The van der Waals surface area contributed by atoms with Crippen LogP contribution in [0.25, 0.3) is 10.9 Å². The highest BCUT2D eigenvalue weighted by atomic mass is 32.1. The van der Waals surface area contributed by atoms with Crippen molar-refractivity contribution in [3.8, 4) is 0 Å². The third-order valence-corrected chi connectivity index (χ3v) is 5.98. The van der Waals surface area contributed by atoms with E-state index in [1.54, 1.807) is 0 Å². The van der Waals surface area contributed by atoms with Crippen LogP contribution in [0, 0.1) is 6.92 Å². The first kappa shape index (κ1) is 18.7. The van der Waals surface area contributed by atoms with Gasteiger partial charge in [-0.15, -0.1) is 11.3 Å². The number of hydrogen-bond acceptors (Lipinski definition) is 3. The lowest BCUT2D eigenvalue weighted by Crippen LogP contribution is -2.24. The molecular formula is C24H24N2OS. The molecule has 2 aromatic carbocycles. The largest absolute Gasteiger partial charge is 0.322 e. The van der Waals surface area contributed by atoms with Gasteiger partial charge >= 0.3 is 0 Å². The fourth-order valence-electron chi connectivity index (χ4n) is 3.55. The second kappa shape index (κ2) is 8.55. The Balaban J connectivity index is 1.58. The predicted octanol–water partition coefficient (Wildman–Crippen LogP) is 5.21. The van der Waals surface area contributed by atoms with E-state index in [0.717, 1.165) is 35.9 Å². The fraction of sp³-hybridized carbons (Fsp3) is 0.208. The van der Waals surface area contributed by atoms with E-state index < -0.39 is 0 Å². The standard InChI is InChI=1S/C24H24N2OS/c1-17-15-20-16-19(11-12-22(20)26-24(17)27)23(18-7-3-2-4-8-18)25-13-5-9-21-10-6-14-28-21/h2-4,6-8,10-12,14-16,23,25H,5,9,13H2,1H3,(H,26,27). The van der Waals surface area contributed by atoms with Gasteiger partial charge in [-0.1, -0.05) is 42.5 Å². The number of benzene rings is 2. The number of aromatic nitrogens is 1. The van der Waals surface area contributed by atoms with Gasteiger partial charge in [-0.3, -0.25) is 4.79 Å². The summed E-state index contributed by atoms with van der Waals surface area (Å²) < 4.78 is 0. The highest BCUT2D eigenvalue weighted by Crippen LogP contribution is 2.25. The quantitative estimate of drug-likeness (QED) is 0.427. The Kier molecular flexibility index (Phi) is 5.70. The molecule has 4 rings (SSSR count). The molecule has 0 aliphatic carbocycles. The van der Waals surface area contributed by atoms with Crippen LogP contribution in [0.2, 0.25) is 0 Å². The molecule has 0 saturated carbocycles. The summed E-state index contributed by atoms with van der Waals surface area (Å²) >= 11 is 1.82. The van der Waals surface area contributed by atoms with Crippen molar-refractivity contribution >= 4 is 22.2 Å². The van der Waals surface area contributed by atoms with E-state index in [4.69, 9.17) is 0 Å². The van der Waals surface area contributed by atoms with Gasteiger partial charge in [0.1, 0.15) is 0 Å². The molecule has 1 unspecified atom stereocenters. The summed E-state index contributed by atoms with van der Waals surface area (Å²) in [6.07, 6.45) is 2.20. The number of H-pyrrole nitrogens is 1. The molecule has 0 spiro atoms. The number of fused-ring (bicyclic) bond motifs is 1. The van der Waals surface area contributed by atoms with Crippen LogP contribution in [0.5, 0.6) is 0 Å². The van der Waals surface area contributed by atoms with E-state index in [1.807, 2.05) is 36.5 Å². The number of pyridine rings is 1. The Morgan fingerprint density at radius 3 is 2.64 bits per heavy atom. The van der Waals surface area contributed by atoms with Crippen LogP contribution in [-0.4, -0.2) is 11.5 Å². The van der Waals surface area contributed by atoms with Crippen LogP contribution in [0.4, 0.5) is 0 Å². The zero-order valence-electron chi connectivity index (χ0n) is 15.9. The Morgan fingerprint density at radius 2 is 1.86 bits per heavy atom. The molecule has 0 saturated heterocycles. The highest BCUT2D eigenvalue weighted by Gasteiger charge is 2.14. The predicted molar refractivity (Wildman–Crippen MR) is 118 cm³/mol. The lowest BCUT2D eigenvalue weighted by molar-refractivity contribution is 0.585. The molecule has 0 radical (unpaired) electrons. The second-order valence-electron chi connectivity index (χ2n) is 7.11. The van der Waals surface area contributed by atoms with Gasteiger partial charge in [0.2, 0.25) is 0 Å². The maximum absolute atomic E-state index is 11.9. The van der Waals surface area contributed by atoms with E-state index in [-0.39, 0.29) is 11.6 Å². The fourth-order valence-corrected chi connectivity index (χ4v) is 4.30. The summed E-state index contributed by atoms with van der Waals surface area (Å²) in [7, 11) is 0. The van der Waals surface area contributed by atoms with Gasteiger partial charge in [0.05, 0.1) is 6.04 Å². The van der Waals surface area contributed by atoms with Crippen LogP contribution in [0.15, 0.2) is 76.9 Å². The van der Waals surface area contributed by atoms with Gasteiger partial charge in [-0.05, 0) is 72.5 Å². The third kappa shape index (κ3) is 4.24. The SMILES string of the molecule is Cc1cc2cc(C(NCCCc3cccs3)c3ccccc3)ccc2[nH]c1=O. The molecule has 3 nitrogen and oxygen atoms in total. The number of nitrogens with one attached hydrogen (secondary N) is 2. The summed E-state index contributed by atoms with van der Waals surface area (Å²) in [6, 6.07) is 23.3. The van der Waals surface area contributed by atoms with Crippen molar-refractivity contribution in [1.29, 1.82) is 0 Å². The summed E-state index contributed by atoms with van der Waals surface area (Å²) in [5.41, 5.74) is 4.06. The first-order valence-electron chi connectivity index (χ1n) is 9.65. The number of aromatic amines is 1. The van der Waals surface area contributed by atoms with Gasteiger partial charge in [-0.2, -0.15) is 0 Å². The molecule has 1 atom stereocenters. The summed E-state index contributed by atoms with van der Waals surface area (Å²) in [5.74, 6) is 0. The molecule has 142 valence electrons. The Morgan fingerprint density at radius 1 is 1.00 bits per heavy atom. The van der Waals surface area contributed by atoms with Gasteiger partial charge in [-0.25, -0.2) is 0 Å². The van der Waals surface area contributed by atoms with Crippen LogP contribution >= 0.6 is 11.3 Å². The summed E-state index contributed by atoms with van der Waals surface area (Å²) in [5, 5.41) is 6.94. The topological polar surface area (TPSA) is 44.9 Å². The van der Waals surface area contributed by atoms with E-state index in [2.05, 4.69) is 64.2 Å². The van der Waals surface area contributed by atoms with Crippen LogP contribution in [0.1, 0.15) is 34.0 Å². The van der Waals surface area contributed by atoms with Crippen molar-refractivity contribution in [1.82, 2.24) is 10.3 Å². The van der Waals surface area contributed by atoms with E-state index in [1.165, 1.54) is 16.0 Å². The molecule has 0 amide bonds. The van der Waals surface area contributed by atoms with Crippen molar-refractivity contribution < 1.29 is 0 Å². The minimum absolute atomic E-state index is 0.0217. The van der Waals surface area contributed by atoms with Crippen molar-refractivity contribution in [2.45, 2.75) is 25.8 Å². The van der Waals surface area contributed by atoms with Gasteiger partial charge in [0.25, 0.3) is 5.56 Å². The van der Waals surface area contributed by atoms with Crippen LogP contribution < -0.4 is 10.9 Å². The number of aryl methyl sites for hydroxylation is 2. The summed E-state index contributed by atoms with van der Waals surface area (Å²) in [6.45, 7) is 2.79. The molecule has 2 aromatic heterocycles. The Labute approximate surface area is 169 Å². The average Bonchev–Trinajstić information content (AvgIpc) is 3.23. The molecule has 0 aliphatic heterocycles. The average molecular weight is 389 g/mol. The number of hydrogen-bond donors (Lipinski definition) is 2. The lowest BCUT2D eigenvalue weighted by Gasteiger charge is -2.20. The van der Waals surface area contributed by atoms with Crippen LogP contribution in [-0.2, 0) is 6.42 Å². The van der Waals surface area contributed by atoms with Crippen molar-refractivity contribution in [3.05, 3.63) is 104 Å². The van der Waals surface area contributed by atoms with Crippen molar-refractivity contribution in [3.63, 3.8) is 0 Å². The van der Waals surface area contributed by atoms with E-state index in [0.29, 0.717) is 0 Å². The maximum Gasteiger partial charge on any atom is 0.251 e. The van der Waals surface area contributed by atoms with E-state index >= 15 is 0 Å². The third-order valence-electron chi connectivity index (χ3n) is 5.05. The van der Waals surface area contributed by atoms with Gasteiger partial charge in [0, 0.05) is 16.0 Å². The Bertz CT molecular complexity index is 1100. The minimum Gasteiger partial charge on any atom is -0.322 e. The monoisotopic (exact) mass is 388 g/mol. The highest BCUT2D eigenvalue weighted by molar-refractivity contribution is 7.09. The molecule has 2 heterocycles. The summed E-state index contributed by atoms with van der Waals surface area (Å²) in [4.78, 5) is 16.3. The lowest BCUT2D eigenvalue weighted by atomic mass is 9.96. The zero-order chi connectivity index (χ0) is 19.3. The number of thiophene rings is 1. The Hall–Kier alpha value is -2.69. The first-order chi connectivity index (χ1) is 13.7. The molecule has 2 N–H and O–H groups in total. The zero-order valence-corrected chi connectivity index (χ0v) is 16.8. The smallest absolute Gasteiger partial charge is 0.251 e. The van der Waals surface area contributed by atoms with Gasteiger partial charge < -0.3 is 10.3 Å². The second-order valence-corrected chi connectivity index (χ2v) is 8.14. The maximum atomic E-state index is 11.9.